The zero-order valence-electron chi connectivity index (χ0n) is 23.5. The topological polar surface area (TPSA) is 105 Å². The van der Waals surface area contributed by atoms with Crippen molar-refractivity contribution in [3.8, 4) is 11.5 Å². The number of rotatable bonds is 8. The van der Waals surface area contributed by atoms with E-state index in [0.717, 1.165) is 43.1 Å². The minimum Gasteiger partial charge on any atom is -0.497 e. The first kappa shape index (κ1) is 26.6. The third-order valence-corrected chi connectivity index (χ3v) is 8.16. The third kappa shape index (κ3) is 5.22. The number of carbonyl (C=O) groups is 1. The number of nitrogens with zero attached hydrogens (tertiary/aromatic N) is 5. The maximum atomic E-state index is 13.6. The van der Waals surface area contributed by atoms with Crippen molar-refractivity contribution in [3.05, 3.63) is 65.6 Å². The van der Waals surface area contributed by atoms with Crippen molar-refractivity contribution in [1.82, 2.24) is 24.8 Å². The Kier molecular flexibility index (Phi) is 7.06. The Morgan fingerprint density at radius 2 is 2.00 bits per heavy atom. The van der Waals surface area contributed by atoms with E-state index in [4.69, 9.17) is 19.2 Å². The lowest BCUT2D eigenvalue weighted by Crippen LogP contribution is -2.39. The van der Waals surface area contributed by atoms with E-state index in [1.54, 1.807) is 11.6 Å². The number of allylic oxidation sites excluding steroid dienone is 2. The predicted octanol–water partition coefficient (Wildman–Crippen LogP) is 3.28. The van der Waals surface area contributed by atoms with Crippen molar-refractivity contribution in [2.45, 2.75) is 44.1 Å². The smallest absolute Gasteiger partial charge is 0.257 e. The lowest BCUT2D eigenvalue weighted by molar-refractivity contribution is 0.0515. The summed E-state index contributed by atoms with van der Waals surface area (Å²) in [6.45, 7) is 3.89. The van der Waals surface area contributed by atoms with E-state index in [1.807, 2.05) is 36.4 Å². The van der Waals surface area contributed by atoms with Gasteiger partial charge in [-0.3, -0.25) is 4.79 Å². The second kappa shape index (κ2) is 11.2. The summed E-state index contributed by atoms with van der Waals surface area (Å²) in [5.74, 6) is 2.17. The number of alkyl halides is 1. The molecule has 3 aromatic rings. The molecule has 1 saturated carbocycles. The van der Waals surface area contributed by atoms with Crippen LogP contribution in [0.3, 0.4) is 0 Å². The Hall–Kier alpha value is -4.32. The zero-order chi connectivity index (χ0) is 28.6. The van der Waals surface area contributed by atoms with E-state index >= 15 is 0 Å². The van der Waals surface area contributed by atoms with Gasteiger partial charge in [0.25, 0.3) is 5.91 Å². The SMILES string of the molecule is COc1ccc(CN2CCOc3c(NC4=CC=CN(C5CCOCC5)C4)nc4c(C(=O)N[C@@H]5C[C@@H]5F)cnn4c32)cc1. The van der Waals surface area contributed by atoms with Crippen molar-refractivity contribution in [2.24, 2.45) is 0 Å². The first-order chi connectivity index (χ1) is 20.6. The summed E-state index contributed by atoms with van der Waals surface area (Å²) in [7, 11) is 1.65. The Bertz CT molecular complexity index is 1530. The third-order valence-electron chi connectivity index (χ3n) is 8.16. The highest BCUT2D eigenvalue weighted by Crippen LogP contribution is 2.40. The number of carbonyl (C=O) groups excluding carboxylic acids is 1. The number of nitrogens with one attached hydrogen (secondary N) is 2. The largest absolute Gasteiger partial charge is 0.497 e. The molecule has 42 heavy (non-hydrogen) atoms. The Morgan fingerprint density at radius 1 is 1.19 bits per heavy atom. The molecule has 2 aromatic heterocycles. The van der Waals surface area contributed by atoms with Crippen LogP contribution in [0.25, 0.3) is 5.65 Å². The van der Waals surface area contributed by atoms with E-state index < -0.39 is 18.1 Å². The van der Waals surface area contributed by atoms with Gasteiger partial charge in [-0.1, -0.05) is 12.1 Å². The molecule has 2 atom stereocenters. The van der Waals surface area contributed by atoms with Crippen LogP contribution < -0.4 is 25.0 Å². The zero-order valence-corrected chi connectivity index (χ0v) is 23.5. The number of fused-ring (bicyclic) bond motifs is 3. The molecule has 4 aliphatic rings. The van der Waals surface area contributed by atoms with Gasteiger partial charge in [0.1, 0.15) is 24.1 Å². The number of methoxy groups -OCH3 is 1. The molecule has 7 rings (SSSR count). The quantitative estimate of drug-likeness (QED) is 0.419. The highest BCUT2D eigenvalue weighted by atomic mass is 19.1. The molecule has 2 N–H and O–H groups in total. The van der Waals surface area contributed by atoms with Gasteiger partial charge in [-0.15, -0.1) is 0 Å². The Balaban J connectivity index is 1.24. The lowest BCUT2D eigenvalue weighted by Gasteiger charge is -2.36. The van der Waals surface area contributed by atoms with Gasteiger partial charge in [0.05, 0.1) is 32.4 Å². The second-order valence-corrected chi connectivity index (χ2v) is 11.0. The number of aromatic nitrogens is 3. The molecule has 1 aromatic carbocycles. The van der Waals surface area contributed by atoms with Crippen LogP contribution >= 0.6 is 0 Å². The van der Waals surface area contributed by atoms with Gasteiger partial charge in [0.2, 0.25) is 5.75 Å². The molecule has 220 valence electrons. The molecular formula is C30H34FN7O4. The maximum Gasteiger partial charge on any atom is 0.257 e. The number of amides is 1. The second-order valence-electron chi connectivity index (χ2n) is 11.0. The first-order valence-corrected chi connectivity index (χ1v) is 14.4. The van der Waals surface area contributed by atoms with Gasteiger partial charge in [0, 0.05) is 37.9 Å². The molecule has 11 nitrogen and oxygen atoms in total. The van der Waals surface area contributed by atoms with Gasteiger partial charge in [0.15, 0.2) is 17.3 Å². The highest BCUT2D eigenvalue weighted by Gasteiger charge is 2.39. The molecule has 0 radical (unpaired) electrons. The summed E-state index contributed by atoms with van der Waals surface area (Å²) >= 11 is 0. The van der Waals surface area contributed by atoms with Crippen molar-refractivity contribution >= 4 is 23.2 Å². The summed E-state index contributed by atoms with van der Waals surface area (Å²) in [4.78, 5) is 22.5. The number of benzene rings is 1. The van der Waals surface area contributed by atoms with Crippen molar-refractivity contribution in [2.75, 3.05) is 50.2 Å². The summed E-state index contributed by atoms with van der Waals surface area (Å²) in [5, 5.41) is 10.8. The van der Waals surface area contributed by atoms with Gasteiger partial charge in [-0.25, -0.2) is 9.37 Å². The molecule has 2 fully saturated rings. The van der Waals surface area contributed by atoms with Crippen molar-refractivity contribution in [3.63, 3.8) is 0 Å². The van der Waals surface area contributed by atoms with E-state index in [9.17, 15) is 9.18 Å². The fraction of sp³-hybridized carbons (Fsp3) is 0.433. The van der Waals surface area contributed by atoms with Crippen LogP contribution in [-0.2, 0) is 11.3 Å². The van der Waals surface area contributed by atoms with Crippen LogP contribution in [0.2, 0.25) is 0 Å². The summed E-state index contributed by atoms with van der Waals surface area (Å²) < 4.78 is 32.4. The van der Waals surface area contributed by atoms with E-state index in [-0.39, 0.29) is 5.56 Å². The van der Waals surface area contributed by atoms with Gasteiger partial charge >= 0.3 is 0 Å². The molecule has 3 aliphatic heterocycles. The summed E-state index contributed by atoms with van der Waals surface area (Å²) in [5.41, 5.74) is 2.71. The van der Waals surface area contributed by atoms with E-state index in [0.29, 0.717) is 61.7 Å². The molecule has 12 heteroatoms. The fourth-order valence-corrected chi connectivity index (χ4v) is 5.72. The molecule has 0 unspecified atom stereocenters. The molecular weight excluding hydrogens is 541 g/mol. The molecule has 1 aliphatic carbocycles. The molecule has 1 amide bonds. The number of anilines is 2. The number of halogens is 1. The fourth-order valence-electron chi connectivity index (χ4n) is 5.72. The molecule has 0 spiro atoms. The number of hydrogen-bond donors (Lipinski definition) is 2. The van der Waals surface area contributed by atoms with Crippen LogP contribution in [-0.4, -0.2) is 83.7 Å². The minimum absolute atomic E-state index is 0.288. The van der Waals surface area contributed by atoms with Crippen LogP contribution in [0.4, 0.5) is 16.0 Å². The average Bonchev–Trinajstić information content (AvgIpc) is 3.54. The molecule has 5 heterocycles. The van der Waals surface area contributed by atoms with Crippen LogP contribution in [0.1, 0.15) is 35.2 Å². The monoisotopic (exact) mass is 575 g/mol. The number of hydrogen-bond acceptors (Lipinski definition) is 9. The standard InChI is InChI=1S/C30H34FN7O4/c1-40-22-6-4-19(5-7-22)17-37-11-14-42-26-27(33-20-3-2-10-36(18-20)21-8-12-41-13-9-21)35-28-23(16-32-38(28)30(26)37)29(39)34-25-15-24(25)31/h2-7,10,16,21,24-25H,8-9,11-15,17-18H2,1H3,(H,33,35)(H,34,39)/t24-,25+/m0/s1. The lowest BCUT2D eigenvalue weighted by atomic mass is 10.1. The normalized spacial score (nSPS) is 21.9. The Labute approximate surface area is 242 Å². The summed E-state index contributed by atoms with van der Waals surface area (Å²) in [6.07, 6.45) is 8.96. The van der Waals surface area contributed by atoms with Crippen LogP contribution in [0.15, 0.2) is 54.5 Å². The van der Waals surface area contributed by atoms with Crippen LogP contribution in [0.5, 0.6) is 11.5 Å². The Morgan fingerprint density at radius 3 is 2.76 bits per heavy atom. The summed E-state index contributed by atoms with van der Waals surface area (Å²) in [6, 6.07) is 7.87. The minimum atomic E-state index is -1.01. The van der Waals surface area contributed by atoms with Gasteiger partial charge in [-0.2, -0.15) is 9.61 Å². The average molecular weight is 576 g/mol. The highest BCUT2D eigenvalue weighted by molar-refractivity contribution is 6.00. The predicted molar refractivity (Wildman–Crippen MR) is 155 cm³/mol. The van der Waals surface area contributed by atoms with Gasteiger partial charge in [-0.05, 0) is 48.9 Å². The maximum absolute atomic E-state index is 13.6. The van der Waals surface area contributed by atoms with Gasteiger partial charge < -0.3 is 34.6 Å². The van der Waals surface area contributed by atoms with Crippen molar-refractivity contribution in [1.29, 1.82) is 0 Å². The first-order valence-electron chi connectivity index (χ1n) is 14.4. The molecule has 1 saturated heterocycles. The molecule has 0 bridgehead atoms. The van der Waals surface area contributed by atoms with E-state index in [1.165, 1.54) is 6.20 Å². The van der Waals surface area contributed by atoms with Crippen LogP contribution in [0, 0.1) is 0 Å². The van der Waals surface area contributed by atoms with Crippen molar-refractivity contribution < 1.29 is 23.4 Å². The number of ether oxygens (including phenoxy) is 3. The van der Waals surface area contributed by atoms with E-state index in [2.05, 4.69) is 31.7 Å².